The monoisotopic (exact) mass is 287 g/mol. The molecule has 0 aliphatic carbocycles. The van der Waals surface area contributed by atoms with Crippen molar-refractivity contribution in [3.05, 3.63) is 45.9 Å². The summed E-state index contributed by atoms with van der Waals surface area (Å²) in [6.07, 6.45) is 0. The van der Waals surface area contributed by atoms with Gasteiger partial charge in [0.2, 0.25) is 0 Å². The van der Waals surface area contributed by atoms with Gasteiger partial charge in [-0.25, -0.2) is 0 Å². The minimum atomic E-state index is 0.307. The highest BCUT2D eigenvalue weighted by molar-refractivity contribution is 7.11. The lowest BCUT2D eigenvalue weighted by Gasteiger charge is -2.26. The predicted octanol–water partition coefficient (Wildman–Crippen LogP) is 3.47. The number of rotatable bonds is 3. The molecule has 1 aromatic carbocycles. The number of hydrogen-bond acceptors (Lipinski definition) is 4. The molecule has 106 valence electrons. The zero-order valence-corrected chi connectivity index (χ0v) is 13.2. The summed E-state index contributed by atoms with van der Waals surface area (Å²) in [4.78, 5) is 2.51. The number of aryl methyl sites for hydroxylation is 1. The van der Waals surface area contributed by atoms with Crippen LogP contribution in [0.1, 0.15) is 35.3 Å². The van der Waals surface area contributed by atoms with E-state index in [0.29, 0.717) is 11.3 Å². The molecule has 1 fully saturated rings. The molecule has 1 atom stereocenters. The van der Waals surface area contributed by atoms with Crippen molar-refractivity contribution in [1.29, 1.82) is 0 Å². The smallest absolute Gasteiger partial charge is 0.131 e. The quantitative estimate of drug-likeness (QED) is 0.865. The summed E-state index contributed by atoms with van der Waals surface area (Å²) in [6, 6.07) is 10.9. The van der Waals surface area contributed by atoms with Gasteiger partial charge in [-0.2, -0.15) is 0 Å². The summed E-state index contributed by atoms with van der Waals surface area (Å²) in [5.41, 5.74) is 1.76. The maximum Gasteiger partial charge on any atom is 0.131 e. The van der Waals surface area contributed by atoms with Gasteiger partial charge in [-0.1, -0.05) is 44.2 Å². The summed E-state index contributed by atoms with van der Waals surface area (Å²) in [7, 11) is 0. The van der Waals surface area contributed by atoms with Crippen molar-refractivity contribution in [2.75, 3.05) is 13.1 Å². The van der Waals surface area contributed by atoms with Crippen LogP contribution in [0.3, 0.4) is 0 Å². The molecule has 1 saturated heterocycles. The van der Waals surface area contributed by atoms with E-state index in [1.54, 1.807) is 11.3 Å². The van der Waals surface area contributed by atoms with E-state index < -0.39 is 0 Å². The van der Waals surface area contributed by atoms with E-state index in [1.807, 2.05) is 6.92 Å². The fourth-order valence-corrected chi connectivity index (χ4v) is 3.96. The van der Waals surface area contributed by atoms with Crippen LogP contribution in [0.5, 0.6) is 0 Å². The van der Waals surface area contributed by atoms with Gasteiger partial charge in [-0.05, 0) is 17.9 Å². The van der Waals surface area contributed by atoms with Crippen LogP contribution < -0.4 is 0 Å². The number of nitrogens with zero attached hydrogens (tertiary/aromatic N) is 3. The molecule has 0 radical (unpaired) electrons. The van der Waals surface area contributed by atoms with Crippen LogP contribution in [0.2, 0.25) is 0 Å². The number of benzene rings is 1. The van der Waals surface area contributed by atoms with Gasteiger partial charge in [-0.15, -0.1) is 21.5 Å². The Labute approximate surface area is 124 Å². The van der Waals surface area contributed by atoms with Crippen molar-refractivity contribution in [1.82, 2.24) is 15.1 Å². The van der Waals surface area contributed by atoms with Gasteiger partial charge in [0.05, 0.1) is 6.54 Å². The molecule has 3 nitrogen and oxygen atoms in total. The Bertz CT molecular complexity index is 576. The molecular weight excluding hydrogens is 266 g/mol. The van der Waals surface area contributed by atoms with Gasteiger partial charge in [0.1, 0.15) is 10.0 Å². The van der Waals surface area contributed by atoms with Gasteiger partial charge in [0.25, 0.3) is 0 Å². The van der Waals surface area contributed by atoms with Crippen molar-refractivity contribution in [3.63, 3.8) is 0 Å². The Morgan fingerprint density at radius 1 is 1.25 bits per heavy atom. The molecule has 0 amide bonds. The van der Waals surface area contributed by atoms with E-state index in [0.717, 1.165) is 29.6 Å². The predicted molar refractivity (Wildman–Crippen MR) is 82.9 cm³/mol. The Morgan fingerprint density at radius 3 is 2.65 bits per heavy atom. The first-order valence-electron chi connectivity index (χ1n) is 7.11. The normalized spacial score (nSPS) is 22.2. The second kappa shape index (κ2) is 5.26. The molecule has 0 spiro atoms. The largest absolute Gasteiger partial charge is 0.295 e. The summed E-state index contributed by atoms with van der Waals surface area (Å²) in [6.45, 7) is 9.91. The van der Waals surface area contributed by atoms with E-state index in [4.69, 9.17) is 0 Å². The molecule has 1 aliphatic heterocycles. The van der Waals surface area contributed by atoms with Crippen LogP contribution in [-0.4, -0.2) is 28.2 Å². The second-order valence-corrected chi connectivity index (χ2v) is 7.60. The maximum atomic E-state index is 4.25. The lowest BCUT2D eigenvalue weighted by atomic mass is 9.78. The molecule has 2 aromatic rings. The van der Waals surface area contributed by atoms with Crippen LogP contribution in [0.25, 0.3) is 0 Å². The highest BCUT2D eigenvalue weighted by Crippen LogP contribution is 2.42. The lowest BCUT2D eigenvalue weighted by Crippen LogP contribution is -2.23. The zero-order valence-electron chi connectivity index (χ0n) is 12.3. The molecule has 4 heteroatoms. The minimum Gasteiger partial charge on any atom is -0.295 e. The van der Waals surface area contributed by atoms with Crippen molar-refractivity contribution in [2.24, 2.45) is 5.41 Å². The average molecular weight is 287 g/mol. The third-order valence-corrected chi connectivity index (χ3v) is 4.97. The topological polar surface area (TPSA) is 29.0 Å². The highest BCUT2D eigenvalue weighted by atomic mass is 32.1. The van der Waals surface area contributed by atoms with E-state index >= 15 is 0 Å². The third kappa shape index (κ3) is 2.76. The molecule has 2 heterocycles. The van der Waals surface area contributed by atoms with Crippen LogP contribution in [0, 0.1) is 12.3 Å². The standard InChI is InChI=1S/C16H21N3S/c1-12-17-18-15(20-12)10-19-9-14(16(2,3)11-19)13-7-5-4-6-8-13/h4-8,14H,9-11H2,1-3H3/t14-/m1/s1. The molecule has 1 aromatic heterocycles. The number of hydrogen-bond donors (Lipinski definition) is 0. The van der Waals surface area contributed by atoms with Crippen LogP contribution in [-0.2, 0) is 6.54 Å². The first kappa shape index (κ1) is 13.7. The fourth-order valence-electron chi connectivity index (χ4n) is 3.21. The summed E-state index contributed by atoms with van der Waals surface area (Å²) in [5.74, 6) is 0.595. The molecule has 0 bridgehead atoms. The van der Waals surface area contributed by atoms with E-state index in [1.165, 1.54) is 5.56 Å². The van der Waals surface area contributed by atoms with E-state index in [9.17, 15) is 0 Å². The van der Waals surface area contributed by atoms with Crippen LogP contribution in [0.4, 0.5) is 0 Å². The van der Waals surface area contributed by atoms with Gasteiger partial charge in [0.15, 0.2) is 0 Å². The van der Waals surface area contributed by atoms with E-state index in [-0.39, 0.29) is 0 Å². The molecule has 0 N–H and O–H groups in total. The van der Waals surface area contributed by atoms with Gasteiger partial charge >= 0.3 is 0 Å². The molecule has 0 saturated carbocycles. The second-order valence-electron chi connectivity index (χ2n) is 6.34. The Hall–Kier alpha value is -1.26. The molecule has 1 aliphatic rings. The van der Waals surface area contributed by atoms with Gasteiger partial charge in [0, 0.05) is 19.0 Å². The van der Waals surface area contributed by atoms with Gasteiger partial charge < -0.3 is 0 Å². The van der Waals surface area contributed by atoms with Crippen molar-refractivity contribution in [2.45, 2.75) is 33.2 Å². The van der Waals surface area contributed by atoms with Crippen LogP contribution in [0.15, 0.2) is 30.3 Å². The molecular formula is C16H21N3S. The molecule has 0 unspecified atom stereocenters. The Balaban J connectivity index is 1.75. The zero-order chi connectivity index (χ0) is 14.2. The van der Waals surface area contributed by atoms with Gasteiger partial charge in [-0.3, -0.25) is 4.90 Å². The SMILES string of the molecule is Cc1nnc(CN2C[C@H](c3ccccc3)C(C)(C)C2)s1. The van der Waals surface area contributed by atoms with Crippen molar-refractivity contribution in [3.8, 4) is 0 Å². The number of likely N-dealkylation sites (tertiary alicyclic amines) is 1. The molecule has 20 heavy (non-hydrogen) atoms. The van der Waals surface area contributed by atoms with Crippen LogP contribution >= 0.6 is 11.3 Å². The third-order valence-electron chi connectivity index (χ3n) is 4.14. The first-order chi connectivity index (χ1) is 9.54. The van der Waals surface area contributed by atoms with Crippen molar-refractivity contribution >= 4 is 11.3 Å². The first-order valence-corrected chi connectivity index (χ1v) is 7.92. The highest BCUT2D eigenvalue weighted by Gasteiger charge is 2.40. The number of aromatic nitrogens is 2. The minimum absolute atomic E-state index is 0.307. The molecule has 3 rings (SSSR count). The average Bonchev–Trinajstić information content (AvgIpc) is 2.94. The Morgan fingerprint density at radius 2 is 2.00 bits per heavy atom. The Kier molecular flexibility index (Phi) is 3.61. The van der Waals surface area contributed by atoms with E-state index in [2.05, 4.69) is 59.3 Å². The fraction of sp³-hybridized carbons (Fsp3) is 0.500. The summed E-state index contributed by atoms with van der Waals surface area (Å²) < 4.78 is 0. The summed E-state index contributed by atoms with van der Waals surface area (Å²) in [5, 5.41) is 10.6. The maximum absolute atomic E-state index is 4.25. The summed E-state index contributed by atoms with van der Waals surface area (Å²) >= 11 is 1.71. The lowest BCUT2D eigenvalue weighted by molar-refractivity contribution is 0.281. The van der Waals surface area contributed by atoms with Crippen molar-refractivity contribution < 1.29 is 0 Å².